The van der Waals surface area contributed by atoms with Crippen molar-refractivity contribution in [2.75, 3.05) is 29.1 Å². The molecule has 0 saturated carbocycles. The summed E-state index contributed by atoms with van der Waals surface area (Å²) >= 11 is 1.22. The maximum absolute atomic E-state index is 12.2. The van der Waals surface area contributed by atoms with E-state index in [1.165, 1.54) is 48.8 Å². The molecule has 1 aliphatic rings. The van der Waals surface area contributed by atoms with Gasteiger partial charge in [0, 0.05) is 30.4 Å². The number of rotatable bonds is 7. The van der Waals surface area contributed by atoms with E-state index in [0.29, 0.717) is 5.03 Å². The number of carbonyl (C=O) groups is 1. The summed E-state index contributed by atoms with van der Waals surface area (Å²) in [6.45, 7) is 2.21. The normalized spacial score (nSPS) is 13.6. The highest BCUT2D eigenvalue weighted by atomic mass is 32.2. The lowest BCUT2D eigenvalue weighted by Crippen LogP contribution is -2.29. The second-order valence-electron chi connectivity index (χ2n) is 7.46. The summed E-state index contributed by atoms with van der Waals surface area (Å²) in [5, 5.41) is 22.7. The number of aromatic nitrogens is 2. The Morgan fingerprint density at radius 3 is 2.44 bits per heavy atom. The molecule has 1 amide bonds. The van der Waals surface area contributed by atoms with Gasteiger partial charge in [0.2, 0.25) is 5.91 Å². The van der Waals surface area contributed by atoms with Crippen molar-refractivity contribution < 1.29 is 9.72 Å². The molecule has 1 N–H and O–H groups in total. The third kappa shape index (κ3) is 5.42. The molecule has 0 radical (unpaired) electrons. The first-order chi connectivity index (χ1) is 15.6. The summed E-state index contributed by atoms with van der Waals surface area (Å²) in [6, 6.07) is 18.1. The van der Waals surface area contributed by atoms with Gasteiger partial charge in [0.25, 0.3) is 5.69 Å². The Labute approximate surface area is 190 Å². The molecule has 1 saturated heterocycles. The molecule has 1 aliphatic heterocycles. The first-order valence-electron chi connectivity index (χ1n) is 10.5. The highest BCUT2D eigenvalue weighted by molar-refractivity contribution is 7.99. The van der Waals surface area contributed by atoms with Crippen molar-refractivity contribution in [3.8, 4) is 11.3 Å². The maximum Gasteiger partial charge on any atom is 0.292 e. The lowest BCUT2D eigenvalue weighted by molar-refractivity contribution is -0.383. The van der Waals surface area contributed by atoms with E-state index in [1.54, 1.807) is 12.1 Å². The zero-order valence-corrected chi connectivity index (χ0v) is 18.3. The van der Waals surface area contributed by atoms with Gasteiger partial charge in [0.05, 0.1) is 16.4 Å². The molecule has 4 rings (SSSR count). The maximum atomic E-state index is 12.2. The first-order valence-corrected chi connectivity index (χ1v) is 11.4. The second-order valence-corrected chi connectivity index (χ2v) is 8.46. The van der Waals surface area contributed by atoms with Crippen molar-refractivity contribution in [1.82, 2.24) is 10.2 Å². The minimum atomic E-state index is -0.522. The molecular formula is C23H23N5O3S. The van der Waals surface area contributed by atoms with Crippen molar-refractivity contribution in [3.05, 3.63) is 70.8 Å². The molecule has 0 bridgehead atoms. The van der Waals surface area contributed by atoms with Crippen LogP contribution in [-0.4, -0.2) is 39.9 Å². The fourth-order valence-electron chi connectivity index (χ4n) is 3.61. The average molecular weight is 450 g/mol. The minimum Gasteiger partial charge on any atom is -0.372 e. The van der Waals surface area contributed by atoms with E-state index < -0.39 is 4.92 Å². The van der Waals surface area contributed by atoms with Gasteiger partial charge in [0.15, 0.2) is 0 Å². The number of piperidine rings is 1. The van der Waals surface area contributed by atoms with Crippen LogP contribution in [0.2, 0.25) is 0 Å². The molecule has 32 heavy (non-hydrogen) atoms. The fraction of sp³-hybridized carbons (Fsp3) is 0.261. The summed E-state index contributed by atoms with van der Waals surface area (Å²) in [7, 11) is 0. The number of carbonyl (C=O) groups excluding carboxylic acids is 1. The number of anilines is 2. The van der Waals surface area contributed by atoms with Crippen LogP contribution in [0.5, 0.6) is 0 Å². The fourth-order valence-corrected chi connectivity index (χ4v) is 4.22. The van der Waals surface area contributed by atoms with Gasteiger partial charge in [-0.15, -0.1) is 10.2 Å². The summed E-state index contributed by atoms with van der Waals surface area (Å²) in [5.41, 5.74) is 3.03. The van der Waals surface area contributed by atoms with Gasteiger partial charge in [-0.05, 0) is 49.6 Å². The van der Waals surface area contributed by atoms with Gasteiger partial charge < -0.3 is 10.2 Å². The van der Waals surface area contributed by atoms with Crippen LogP contribution in [0.25, 0.3) is 11.3 Å². The molecular weight excluding hydrogens is 426 g/mol. The smallest absolute Gasteiger partial charge is 0.292 e. The standard InChI is InChI=1S/C23H23N5O3S/c29-22(24-20-6-2-3-7-21(20)28(30)31)16-32-23-13-12-19(25-26-23)17-8-10-18(11-9-17)27-14-4-1-5-15-27/h2-3,6-13H,1,4-5,14-16H2,(H,24,29). The van der Waals surface area contributed by atoms with Crippen LogP contribution in [-0.2, 0) is 4.79 Å². The topological polar surface area (TPSA) is 101 Å². The Morgan fingerprint density at radius 1 is 1.00 bits per heavy atom. The summed E-state index contributed by atoms with van der Waals surface area (Å²) in [6.07, 6.45) is 3.79. The highest BCUT2D eigenvalue weighted by Crippen LogP contribution is 2.26. The molecule has 0 atom stereocenters. The molecule has 164 valence electrons. The molecule has 2 heterocycles. The zero-order valence-electron chi connectivity index (χ0n) is 17.4. The van der Waals surface area contributed by atoms with E-state index in [0.717, 1.165) is 24.3 Å². The van der Waals surface area contributed by atoms with Crippen molar-refractivity contribution in [2.45, 2.75) is 24.3 Å². The van der Waals surface area contributed by atoms with Gasteiger partial charge in [-0.2, -0.15) is 0 Å². The quantitative estimate of drug-likeness (QED) is 0.315. The number of para-hydroxylation sites is 2. The SMILES string of the molecule is O=C(CSc1ccc(-c2ccc(N3CCCCC3)cc2)nn1)Nc1ccccc1[N+](=O)[O-]. The van der Waals surface area contributed by atoms with Crippen molar-refractivity contribution in [1.29, 1.82) is 0 Å². The number of nitro benzene ring substituents is 1. The van der Waals surface area contributed by atoms with Gasteiger partial charge in [0.1, 0.15) is 10.7 Å². The number of hydrogen-bond donors (Lipinski definition) is 1. The van der Waals surface area contributed by atoms with Crippen LogP contribution in [0.4, 0.5) is 17.1 Å². The van der Waals surface area contributed by atoms with Crippen molar-refractivity contribution >= 4 is 34.7 Å². The first kappa shape index (κ1) is 21.8. The largest absolute Gasteiger partial charge is 0.372 e. The van der Waals surface area contributed by atoms with Gasteiger partial charge >= 0.3 is 0 Å². The zero-order chi connectivity index (χ0) is 22.3. The number of benzene rings is 2. The van der Waals surface area contributed by atoms with Gasteiger partial charge in [-0.25, -0.2) is 0 Å². The molecule has 0 spiro atoms. The van der Waals surface area contributed by atoms with E-state index in [9.17, 15) is 14.9 Å². The van der Waals surface area contributed by atoms with Crippen LogP contribution >= 0.6 is 11.8 Å². The summed E-state index contributed by atoms with van der Waals surface area (Å²) < 4.78 is 0. The minimum absolute atomic E-state index is 0.0740. The molecule has 2 aromatic carbocycles. The van der Waals surface area contributed by atoms with E-state index in [4.69, 9.17) is 0 Å². The number of nitro groups is 1. The van der Waals surface area contributed by atoms with Crippen molar-refractivity contribution in [2.24, 2.45) is 0 Å². The van der Waals surface area contributed by atoms with Crippen LogP contribution in [0.1, 0.15) is 19.3 Å². The Bertz CT molecular complexity index is 1080. The number of nitrogens with zero attached hydrogens (tertiary/aromatic N) is 4. The Balaban J connectivity index is 1.33. The van der Waals surface area contributed by atoms with Crippen LogP contribution in [0.3, 0.4) is 0 Å². The summed E-state index contributed by atoms with van der Waals surface area (Å²) in [5.74, 6) is -0.270. The molecule has 1 fully saturated rings. The Morgan fingerprint density at radius 2 is 1.75 bits per heavy atom. The molecule has 3 aromatic rings. The third-order valence-corrected chi connectivity index (χ3v) is 6.17. The Hall–Kier alpha value is -3.46. The molecule has 0 aliphatic carbocycles. The van der Waals surface area contributed by atoms with E-state index >= 15 is 0 Å². The molecule has 1 aromatic heterocycles. The van der Waals surface area contributed by atoms with Crippen LogP contribution in [0.15, 0.2) is 65.7 Å². The van der Waals surface area contributed by atoms with Crippen LogP contribution < -0.4 is 10.2 Å². The lowest BCUT2D eigenvalue weighted by atomic mass is 10.1. The number of hydrogen-bond acceptors (Lipinski definition) is 7. The second kappa shape index (κ2) is 10.2. The van der Waals surface area contributed by atoms with E-state index in [1.807, 2.05) is 12.1 Å². The Kier molecular flexibility index (Phi) is 6.96. The predicted molar refractivity (Wildman–Crippen MR) is 126 cm³/mol. The van der Waals surface area contributed by atoms with Crippen molar-refractivity contribution in [3.63, 3.8) is 0 Å². The molecule has 9 heteroatoms. The monoisotopic (exact) mass is 449 g/mol. The van der Waals surface area contributed by atoms with E-state index in [2.05, 4.69) is 44.7 Å². The average Bonchev–Trinajstić information content (AvgIpc) is 2.84. The lowest BCUT2D eigenvalue weighted by Gasteiger charge is -2.28. The molecule has 8 nitrogen and oxygen atoms in total. The van der Waals surface area contributed by atoms with Gasteiger partial charge in [-0.1, -0.05) is 36.0 Å². The predicted octanol–water partition coefficient (Wildman–Crippen LogP) is 4.77. The summed E-state index contributed by atoms with van der Waals surface area (Å²) in [4.78, 5) is 25.2. The number of nitrogens with one attached hydrogen (secondary N) is 1. The number of thioether (sulfide) groups is 1. The highest BCUT2D eigenvalue weighted by Gasteiger charge is 2.15. The number of amides is 1. The van der Waals surface area contributed by atoms with E-state index in [-0.39, 0.29) is 23.0 Å². The van der Waals surface area contributed by atoms with Gasteiger partial charge in [-0.3, -0.25) is 14.9 Å². The molecule has 0 unspecified atom stereocenters. The van der Waals surface area contributed by atoms with Crippen LogP contribution in [0, 0.1) is 10.1 Å². The third-order valence-electron chi connectivity index (χ3n) is 5.25.